The lowest BCUT2D eigenvalue weighted by molar-refractivity contribution is -0.113. The van der Waals surface area contributed by atoms with E-state index >= 15 is 0 Å². The third-order valence-electron chi connectivity index (χ3n) is 2.75. The number of hydrogen-bond acceptors (Lipinski definition) is 3. The fourth-order valence-electron chi connectivity index (χ4n) is 1.68. The molecular formula is C16H14N2OS. The van der Waals surface area contributed by atoms with Crippen LogP contribution in [-0.2, 0) is 4.79 Å². The van der Waals surface area contributed by atoms with Crippen LogP contribution < -0.4 is 5.32 Å². The highest BCUT2D eigenvalue weighted by atomic mass is 32.2. The van der Waals surface area contributed by atoms with Gasteiger partial charge in [0.05, 0.1) is 17.4 Å². The van der Waals surface area contributed by atoms with E-state index in [9.17, 15) is 4.79 Å². The van der Waals surface area contributed by atoms with E-state index in [1.165, 1.54) is 11.8 Å². The molecule has 0 aliphatic heterocycles. The summed E-state index contributed by atoms with van der Waals surface area (Å²) in [6.45, 7) is 1.90. The average Bonchev–Trinajstić information content (AvgIpc) is 2.48. The summed E-state index contributed by atoms with van der Waals surface area (Å²) in [5, 5.41) is 11.7. The van der Waals surface area contributed by atoms with E-state index in [1.807, 2.05) is 43.3 Å². The van der Waals surface area contributed by atoms with Crippen LogP contribution in [0.5, 0.6) is 0 Å². The Kier molecular flexibility index (Phi) is 4.80. The molecule has 2 rings (SSSR count). The van der Waals surface area contributed by atoms with Crippen LogP contribution in [0, 0.1) is 18.3 Å². The van der Waals surface area contributed by atoms with Crippen LogP contribution >= 0.6 is 11.8 Å². The first kappa shape index (κ1) is 14.2. The Hall–Kier alpha value is -2.25. The van der Waals surface area contributed by atoms with Crippen molar-refractivity contribution in [3.8, 4) is 6.07 Å². The Bertz CT molecular complexity index is 647. The van der Waals surface area contributed by atoms with Crippen LogP contribution in [0.25, 0.3) is 0 Å². The van der Waals surface area contributed by atoms with Crippen LogP contribution in [-0.4, -0.2) is 11.7 Å². The van der Waals surface area contributed by atoms with Crippen molar-refractivity contribution in [2.45, 2.75) is 11.8 Å². The summed E-state index contributed by atoms with van der Waals surface area (Å²) in [5.74, 6) is 0.275. The molecule has 0 heterocycles. The highest BCUT2D eigenvalue weighted by Gasteiger charge is 2.06. The molecule has 0 aromatic heterocycles. The quantitative estimate of drug-likeness (QED) is 0.872. The third-order valence-corrected chi connectivity index (χ3v) is 3.77. The first-order chi connectivity index (χ1) is 9.69. The highest BCUT2D eigenvalue weighted by molar-refractivity contribution is 8.00. The zero-order valence-corrected chi connectivity index (χ0v) is 11.9. The Morgan fingerprint density at radius 1 is 1.25 bits per heavy atom. The van der Waals surface area contributed by atoms with Gasteiger partial charge >= 0.3 is 0 Å². The van der Waals surface area contributed by atoms with Crippen molar-refractivity contribution in [1.29, 1.82) is 5.26 Å². The lowest BCUT2D eigenvalue weighted by atomic mass is 10.1. The molecular weight excluding hydrogens is 268 g/mol. The first-order valence-electron chi connectivity index (χ1n) is 6.17. The van der Waals surface area contributed by atoms with Gasteiger partial charge in [-0.3, -0.25) is 4.79 Å². The average molecular weight is 282 g/mol. The van der Waals surface area contributed by atoms with E-state index in [4.69, 9.17) is 5.26 Å². The number of rotatable bonds is 4. The smallest absolute Gasteiger partial charge is 0.234 e. The van der Waals surface area contributed by atoms with Crippen molar-refractivity contribution in [1.82, 2.24) is 0 Å². The maximum atomic E-state index is 11.9. The summed E-state index contributed by atoms with van der Waals surface area (Å²) < 4.78 is 0. The first-order valence-corrected chi connectivity index (χ1v) is 7.16. The number of carbonyl (C=O) groups excluding carboxylic acids is 1. The van der Waals surface area contributed by atoms with Gasteiger partial charge in [-0.25, -0.2) is 0 Å². The number of anilines is 1. The summed E-state index contributed by atoms with van der Waals surface area (Å²) >= 11 is 1.49. The molecule has 0 radical (unpaired) electrons. The Morgan fingerprint density at radius 3 is 2.70 bits per heavy atom. The maximum absolute atomic E-state index is 11.9. The summed E-state index contributed by atoms with van der Waals surface area (Å²) in [4.78, 5) is 13.0. The molecule has 1 N–H and O–H groups in total. The molecule has 0 spiro atoms. The molecule has 0 fully saturated rings. The highest BCUT2D eigenvalue weighted by Crippen LogP contribution is 2.19. The molecule has 20 heavy (non-hydrogen) atoms. The summed E-state index contributed by atoms with van der Waals surface area (Å²) in [5.41, 5.74) is 2.19. The van der Waals surface area contributed by atoms with Crippen molar-refractivity contribution in [3.05, 3.63) is 59.7 Å². The second-order valence-electron chi connectivity index (χ2n) is 4.29. The fraction of sp³-hybridized carbons (Fsp3) is 0.125. The number of aryl methyl sites for hydroxylation is 1. The van der Waals surface area contributed by atoms with Gasteiger partial charge in [0.2, 0.25) is 5.91 Å². The molecule has 0 bridgehead atoms. The van der Waals surface area contributed by atoms with Crippen LogP contribution in [0.2, 0.25) is 0 Å². The minimum absolute atomic E-state index is 0.0722. The zero-order valence-electron chi connectivity index (χ0n) is 11.1. The monoisotopic (exact) mass is 282 g/mol. The van der Waals surface area contributed by atoms with Gasteiger partial charge in [0.1, 0.15) is 0 Å². The number of nitriles is 1. The number of nitrogens with zero attached hydrogens (tertiary/aromatic N) is 1. The van der Waals surface area contributed by atoms with Gasteiger partial charge < -0.3 is 5.32 Å². The van der Waals surface area contributed by atoms with E-state index < -0.39 is 0 Å². The van der Waals surface area contributed by atoms with Gasteiger partial charge in [-0.15, -0.1) is 11.8 Å². The molecule has 0 unspecified atom stereocenters. The fourth-order valence-corrected chi connectivity index (χ4v) is 2.40. The lowest BCUT2D eigenvalue weighted by Gasteiger charge is -2.08. The molecule has 0 saturated heterocycles. The summed E-state index contributed by atoms with van der Waals surface area (Å²) in [6.07, 6.45) is 0. The number of nitrogens with one attached hydrogen (secondary N) is 1. The number of hydrogen-bond donors (Lipinski definition) is 1. The van der Waals surface area contributed by atoms with Crippen molar-refractivity contribution >= 4 is 23.4 Å². The Labute approximate surface area is 122 Å². The third kappa shape index (κ3) is 3.87. The van der Waals surface area contributed by atoms with Gasteiger partial charge in [-0.1, -0.05) is 24.3 Å². The molecule has 2 aromatic rings. The molecule has 3 nitrogen and oxygen atoms in total. The predicted molar refractivity (Wildman–Crippen MR) is 81.7 cm³/mol. The van der Waals surface area contributed by atoms with Gasteiger partial charge in [0, 0.05) is 10.6 Å². The molecule has 0 atom stereocenters. The SMILES string of the molecule is Cc1ccc(C#N)cc1NC(=O)CSc1ccccc1. The van der Waals surface area contributed by atoms with Crippen molar-refractivity contribution in [2.75, 3.05) is 11.1 Å². The normalized spacial score (nSPS) is 9.80. The predicted octanol–water partition coefficient (Wildman–Crippen LogP) is 3.60. The van der Waals surface area contributed by atoms with E-state index in [1.54, 1.807) is 12.1 Å². The minimum Gasteiger partial charge on any atom is -0.325 e. The van der Waals surface area contributed by atoms with Crippen LogP contribution in [0.15, 0.2) is 53.4 Å². The van der Waals surface area contributed by atoms with E-state index in [2.05, 4.69) is 11.4 Å². The summed E-state index contributed by atoms with van der Waals surface area (Å²) in [6, 6.07) is 17.1. The molecule has 2 aromatic carbocycles. The second kappa shape index (κ2) is 6.78. The molecule has 1 amide bonds. The van der Waals surface area contributed by atoms with Crippen molar-refractivity contribution < 1.29 is 4.79 Å². The number of thioether (sulfide) groups is 1. The second-order valence-corrected chi connectivity index (χ2v) is 5.34. The standard InChI is InChI=1S/C16H14N2OS/c1-12-7-8-13(10-17)9-15(12)18-16(19)11-20-14-5-3-2-4-6-14/h2-9H,11H2,1H3,(H,18,19). The maximum Gasteiger partial charge on any atom is 0.234 e. The van der Waals surface area contributed by atoms with Gasteiger partial charge in [0.25, 0.3) is 0 Å². The largest absolute Gasteiger partial charge is 0.325 e. The molecule has 0 aliphatic rings. The summed E-state index contributed by atoms with van der Waals surface area (Å²) in [7, 11) is 0. The van der Waals surface area contributed by atoms with Crippen molar-refractivity contribution in [2.24, 2.45) is 0 Å². The Balaban J connectivity index is 1.97. The molecule has 0 saturated carbocycles. The van der Waals surface area contributed by atoms with E-state index in [0.717, 1.165) is 10.5 Å². The van der Waals surface area contributed by atoms with Crippen LogP contribution in [0.3, 0.4) is 0 Å². The molecule has 100 valence electrons. The van der Waals surface area contributed by atoms with Gasteiger partial charge in [-0.05, 0) is 36.8 Å². The van der Waals surface area contributed by atoms with Crippen LogP contribution in [0.1, 0.15) is 11.1 Å². The van der Waals surface area contributed by atoms with E-state index in [-0.39, 0.29) is 5.91 Å². The van der Waals surface area contributed by atoms with Crippen LogP contribution in [0.4, 0.5) is 5.69 Å². The topological polar surface area (TPSA) is 52.9 Å². The zero-order chi connectivity index (χ0) is 14.4. The number of amides is 1. The number of carbonyl (C=O) groups is 1. The van der Waals surface area contributed by atoms with Gasteiger partial charge in [0.15, 0.2) is 0 Å². The Morgan fingerprint density at radius 2 is 2.00 bits per heavy atom. The molecule has 4 heteroatoms. The molecule has 0 aliphatic carbocycles. The van der Waals surface area contributed by atoms with Gasteiger partial charge in [-0.2, -0.15) is 5.26 Å². The van der Waals surface area contributed by atoms with E-state index in [0.29, 0.717) is 17.0 Å². The lowest BCUT2D eigenvalue weighted by Crippen LogP contribution is -2.14. The van der Waals surface area contributed by atoms with Crippen molar-refractivity contribution in [3.63, 3.8) is 0 Å². The number of benzene rings is 2. The minimum atomic E-state index is -0.0722.